The van der Waals surface area contributed by atoms with Crippen molar-refractivity contribution in [1.82, 2.24) is 19.8 Å². The van der Waals surface area contributed by atoms with Gasteiger partial charge in [-0.15, -0.1) is 0 Å². The fourth-order valence-corrected chi connectivity index (χ4v) is 4.87. The third-order valence-corrected chi connectivity index (χ3v) is 6.41. The van der Waals surface area contributed by atoms with Crippen LogP contribution in [0.5, 0.6) is 0 Å². The molecule has 5 rings (SSSR count). The smallest absolute Gasteiger partial charge is 0.170 e. The predicted octanol–water partition coefficient (Wildman–Crippen LogP) is 5.81. The van der Waals surface area contributed by atoms with Gasteiger partial charge in [0.2, 0.25) is 0 Å². The quantitative estimate of drug-likeness (QED) is 0.359. The molecule has 0 spiro atoms. The first-order valence-corrected chi connectivity index (χ1v) is 11.4. The molecule has 1 aliphatic heterocycles. The van der Waals surface area contributed by atoms with Crippen molar-refractivity contribution >= 4 is 33.3 Å². The lowest BCUT2D eigenvalue weighted by molar-refractivity contribution is 0.302. The Hall–Kier alpha value is -2.96. The molecule has 4 aromatic rings. The van der Waals surface area contributed by atoms with Crippen LogP contribution in [-0.4, -0.2) is 19.6 Å². The first-order chi connectivity index (χ1) is 15.2. The lowest BCUT2D eigenvalue weighted by atomic mass is 10.0. The van der Waals surface area contributed by atoms with E-state index in [1.165, 1.54) is 5.56 Å². The van der Waals surface area contributed by atoms with Gasteiger partial charge in [-0.05, 0) is 60.2 Å². The molecule has 4 nitrogen and oxygen atoms in total. The molecule has 1 fully saturated rings. The van der Waals surface area contributed by atoms with Crippen molar-refractivity contribution in [3.05, 3.63) is 119 Å². The van der Waals surface area contributed by atoms with Crippen molar-refractivity contribution in [1.29, 1.82) is 0 Å². The SMILES string of the molecule is S=C1N[C@@H](c2ccccn2)[C@H](c2cccn2-c2cccc(Br)c2)N1Cc1ccccc1. The molecule has 1 saturated heterocycles. The minimum atomic E-state index is -0.0433. The van der Waals surface area contributed by atoms with Crippen molar-refractivity contribution < 1.29 is 0 Å². The highest BCUT2D eigenvalue weighted by Crippen LogP contribution is 2.40. The number of nitrogens with one attached hydrogen (secondary N) is 1. The molecule has 0 bridgehead atoms. The second kappa shape index (κ2) is 8.65. The average Bonchev–Trinajstić information content (AvgIpc) is 3.40. The number of hydrogen-bond donors (Lipinski definition) is 1. The summed E-state index contributed by atoms with van der Waals surface area (Å²) in [7, 11) is 0. The van der Waals surface area contributed by atoms with Crippen LogP contribution in [0.3, 0.4) is 0 Å². The summed E-state index contributed by atoms with van der Waals surface area (Å²) in [5.74, 6) is 0. The number of rotatable bonds is 5. The van der Waals surface area contributed by atoms with E-state index < -0.39 is 0 Å². The Balaban J connectivity index is 1.61. The van der Waals surface area contributed by atoms with Crippen LogP contribution in [0.25, 0.3) is 5.69 Å². The maximum absolute atomic E-state index is 5.82. The van der Waals surface area contributed by atoms with E-state index in [-0.39, 0.29) is 12.1 Å². The fraction of sp³-hybridized carbons (Fsp3) is 0.120. The van der Waals surface area contributed by atoms with E-state index in [1.807, 2.05) is 30.5 Å². The topological polar surface area (TPSA) is 33.1 Å². The Morgan fingerprint density at radius 3 is 2.55 bits per heavy atom. The number of aromatic nitrogens is 2. The van der Waals surface area contributed by atoms with E-state index >= 15 is 0 Å². The number of hydrogen-bond acceptors (Lipinski definition) is 2. The second-order valence-corrected chi connectivity index (χ2v) is 8.83. The van der Waals surface area contributed by atoms with E-state index in [0.29, 0.717) is 0 Å². The third-order valence-electron chi connectivity index (χ3n) is 5.56. The van der Waals surface area contributed by atoms with Gasteiger partial charge in [0.25, 0.3) is 0 Å². The Bertz CT molecular complexity index is 1190. The molecule has 0 radical (unpaired) electrons. The summed E-state index contributed by atoms with van der Waals surface area (Å²) in [5, 5.41) is 4.28. The Kier molecular flexibility index (Phi) is 5.57. The largest absolute Gasteiger partial charge is 0.352 e. The minimum Gasteiger partial charge on any atom is -0.352 e. The van der Waals surface area contributed by atoms with Gasteiger partial charge in [-0.2, -0.15) is 0 Å². The number of benzene rings is 2. The first-order valence-electron chi connectivity index (χ1n) is 10.2. The highest BCUT2D eigenvalue weighted by molar-refractivity contribution is 9.10. The van der Waals surface area contributed by atoms with Crippen molar-refractivity contribution in [3.8, 4) is 5.69 Å². The van der Waals surface area contributed by atoms with Gasteiger partial charge < -0.3 is 14.8 Å². The summed E-state index contributed by atoms with van der Waals surface area (Å²) < 4.78 is 3.28. The maximum Gasteiger partial charge on any atom is 0.170 e. The van der Waals surface area contributed by atoms with Gasteiger partial charge in [0.15, 0.2) is 5.11 Å². The molecule has 31 heavy (non-hydrogen) atoms. The lowest BCUT2D eigenvalue weighted by Gasteiger charge is -2.29. The summed E-state index contributed by atoms with van der Waals surface area (Å²) in [5.41, 5.74) is 4.47. The molecule has 2 aromatic carbocycles. The normalized spacial score (nSPS) is 18.2. The van der Waals surface area contributed by atoms with Crippen molar-refractivity contribution in [2.75, 3.05) is 0 Å². The zero-order valence-corrected chi connectivity index (χ0v) is 19.1. The highest BCUT2D eigenvalue weighted by atomic mass is 79.9. The minimum absolute atomic E-state index is 0.00316. The molecule has 1 aliphatic rings. The molecule has 0 saturated carbocycles. The predicted molar refractivity (Wildman–Crippen MR) is 131 cm³/mol. The van der Waals surface area contributed by atoms with Gasteiger partial charge in [-0.3, -0.25) is 4.98 Å². The zero-order chi connectivity index (χ0) is 21.2. The van der Waals surface area contributed by atoms with Crippen molar-refractivity contribution in [2.45, 2.75) is 18.6 Å². The summed E-state index contributed by atoms with van der Waals surface area (Å²) in [4.78, 5) is 6.92. The lowest BCUT2D eigenvalue weighted by Crippen LogP contribution is -2.30. The molecular weight excluding hydrogens is 468 g/mol. The molecule has 1 N–H and O–H groups in total. The molecule has 2 aromatic heterocycles. The molecule has 0 amide bonds. The highest BCUT2D eigenvalue weighted by Gasteiger charge is 2.41. The number of nitrogens with zero attached hydrogens (tertiary/aromatic N) is 3. The zero-order valence-electron chi connectivity index (χ0n) is 16.7. The fourth-order valence-electron chi connectivity index (χ4n) is 4.17. The summed E-state index contributed by atoms with van der Waals surface area (Å²) in [6.45, 7) is 0.727. The second-order valence-electron chi connectivity index (χ2n) is 7.52. The molecular formula is C25H21BrN4S. The van der Waals surface area contributed by atoms with Gasteiger partial charge in [0.1, 0.15) is 0 Å². The van der Waals surface area contributed by atoms with E-state index in [9.17, 15) is 0 Å². The van der Waals surface area contributed by atoms with Crippen LogP contribution < -0.4 is 5.32 Å². The Morgan fingerprint density at radius 1 is 0.935 bits per heavy atom. The summed E-state index contributed by atoms with van der Waals surface area (Å²) in [6, 6.07) is 29.0. The number of pyridine rings is 1. The number of halogens is 1. The van der Waals surface area contributed by atoms with Crippen LogP contribution >= 0.6 is 28.1 Å². The van der Waals surface area contributed by atoms with Crippen LogP contribution in [0, 0.1) is 0 Å². The maximum atomic E-state index is 5.82. The Labute approximate surface area is 195 Å². The third kappa shape index (κ3) is 4.01. The monoisotopic (exact) mass is 488 g/mol. The molecule has 154 valence electrons. The summed E-state index contributed by atoms with van der Waals surface area (Å²) >= 11 is 9.42. The van der Waals surface area contributed by atoms with Crippen molar-refractivity contribution in [2.24, 2.45) is 0 Å². The van der Waals surface area contributed by atoms with Crippen molar-refractivity contribution in [3.63, 3.8) is 0 Å². The van der Waals surface area contributed by atoms with Gasteiger partial charge in [0, 0.05) is 34.8 Å². The average molecular weight is 489 g/mol. The van der Waals surface area contributed by atoms with Crippen LogP contribution in [0.1, 0.15) is 29.0 Å². The molecule has 0 aliphatic carbocycles. The van der Waals surface area contributed by atoms with Gasteiger partial charge in [0.05, 0.1) is 17.8 Å². The number of thiocarbonyl (C=S) groups is 1. The van der Waals surface area contributed by atoms with Gasteiger partial charge >= 0.3 is 0 Å². The van der Waals surface area contributed by atoms with Crippen LogP contribution in [0.2, 0.25) is 0 Å². The molecule has 6 heteroatoms. The van der Waals surface area contributed by atoms with Crippen LogP contribution in [0.4, 0.5) is 0 Å². The first kappa shape index (κ1) is 20.0. The van der Waals surface area contributed by atoms with E-state index in [4.69, 9.17) is 12.2 Å². The van der Waals surface area contributed by atoms with Gasteiger partial charge in [-0.1, -0.05) is 58.4 Å². The molecule has 3 heterocycles. The van der Waals surface area contributed by atoms with E-state index in [0.717, 1.165) is 33.2 Å². The standard InChI is InChI=1S/C25H21BrN4S/c26-19-10-6-11-20(16-19)29-15-7-13-22(29)24-23(21-12-4-5-14-27-21)28-25(31)30(24)17-18-8-2-1-3-9-18/h1-16,23-24H,17H2,(H,28,31)/t23-,24-/m0/s1. The van der Waals surface area contributed by atoms with Crippen LogP contribution in [-0.2, 0) is 6.54 Å². The molecule has 2 atom stereocenters. The van der Waals surface area contributed by atoms with E-state index in [1.54, 1.807) is 0 Å². The summed E-state index contributed by atoms with van der Waals surface area (Å²) in [6.07, 6.45) is 3.94. The van der Waals surface area contributed by atoms with E-state index in [2.05, 4.69) is 103 Å². The van der Waals surface area contributed by atoms with Crippen LogP contribution in [0.15, 0.2) is 102 Å². The molecule has 0 unspecified atom stereocenters. The van der Waals surface area contributed by atoms with Gasteiger partial charge in [-0.25, -0.2) is 0 Å². The Morgan fingerprint density at radius 2 is 1.77 bits per heavy atom.